The van der Waals surface area contributed by atoms with Crippen LogP contribution in [0.3, 0.4) is 0 Å². The fraction of sp³-hybridized carbons (Fsp3) is 0.440. The van der Waals surface area contributed by atoms with Gasteiger partial charge in [-0.05, 0) is 78.8 Å². The van der Waals surface area contributed by atoms with Crippen molar-refractivity contribution in [1.82, 2.24) is 15.1 Å². The third kappa shape index (κ3) is 11.0. The first-order chi connectivity index (χ1) is 17.8. The number of carboxylic acid groups (broad SMARTS) is 1. The lowest BCUT2D eigenvalue weighted by molar-refractivity contribution is -0.192. The van der Waals surface area contributed by atoms with Gasteiger partial charge >= 0.3 is 12.1 Å². The lowest BCUT2D eigenvalue weighted by Gasteiger charge is -2.18. The minimum absolute atomic E-state index is 0.115. The molecule has 1 aliphatic heterocycles. The number of nitrogens with zero attached hydrogens (tertiary/aromatic N) is 2. The van der Waals surface area contributed by atoms with Crippen LogP contribution in [0, 0.1) is 0 Å². The summed E-state index contributed by atoms with van der Waals surface area (Å²) in [5, 5.41) is 11.1. The number of aliphatic carboxylic acids is 1. The Morgan fingerprint density at radius 3 is 2.45 bits per heavy atom. The molecule has 1 atom stereocenters. The first-order valence-electron chi connectivity index (χ1n) is 11.6. The number of benzene rings is 2. The molecule has 1 saturated heterocycles. The van der Waals surface area contributed by atoms with Gasteiger partial charge in [-0.15, -0.1) is 0 Å². The molecule has 210 valence electrons. The summed E-state index contributed by atoms with van der Waals surface area (Å²) in [6.07, 6.45) is -3.17. The maximum absolute atomic E-state index is 12.5. The van der Waals surface area contributed by atoms with Gasteiger partial charge in [0.15, 0.2) is 0 Å². The minimum Gasteiger partial charge on any atom is -0.492 e. The van der Waals surface area contributed by atoms with E-state index in [2.05, 4.69) is 57.3 Å². The maximum atomic E-state index is 12.5. The minimum atomic E-state index is -5.08. The predicted molar refractivity (Wildman–Crippen MR) is 144 cm³/mol. The Morgan fingerprint density at radius 2 is 1.87 bits per heavy atom. The van der Waals surface area contributed by atoms with Crippen LogP contribution in [-0.4, -0.2) is 79.3 Å². The van der Waals surface area contributed by atoms with Gasteiger partial charge in [0.1, 0.15) is 5.75 Å². The topological polar surface area (TPSA) is 82.1 Å². The van der Waals surface area contributed by atoms with Gasteiger partial charge in [0.05, 0.1) is 21.1 Å². The summed E-state index contributed by atoms with van der Waals surface area (Å²) in [6.45, 7) is 4.29. The molecule has 0 saturated carbocycles. The van der Waals surface area contributed by atoms with Gasteiger partial charge in [-0.2, -0.15) is 13.2 Å². The molecule has 2 aromatic rings. The van der Waals surface area contributed by atoms with Crippen molar-refractivity contribution in [2.75, 3.05) is 40.3 Å². The second kappa shape index (κ2) is 14.9. The summed E-state index contributed by atoms with van der Waals surface area (Å²) in [5.74, 6) is -2.01. The van der Waals surface area contributed by atoms with Crippen molar-refractivity contribution >= 4 is 51.0 Å². The third-order valence-corrected chi connectivity index (χ3v) is 6.80. The van der Waals surface area contributed by atoms with Gasteiger partial charge in [0, 0.05) is 37.8 Å². The van der Waals surface area contributed by atoms with E-state index < -0.39 is 12.1 Å². The zero-order chi connectivity index (χ0) is 28.5. The number of hydrogen-bond acceptors (Lipinski definition) is 5. The molecule has 38 heavy (non-hydrogen) atoms. The molecule has 0 unspecified atom stereocenters. The fourth-order valence-corrected chi connectivity index (χ4v) is 4.42. The molecule has 7 nitrogen and oxygen atoms in total. The molecular weight excluding hydrogens is 614 g/mol. The van der Waals surface area contributed by atoms with Crippen LogP contribution in [0.5, 0.6) is 5.75 Å². The summed E-state index contributed by atoms with van der Waals surface area (Å²) in [6, 6.07) is 11.3. The number of ether oxygens (including phenoxy) is 1. The van der Waals surface area contributed by atoms with Crippen molar-refractivity contribution in [2.24, 2.45) is 0 Å². The molecule has 0 spiro atoms. The van der Waals surface area contributed by atoms with E-state index in [1.54, 1.807) is 18.2 Å². The molecule has 0 aromatic heterocycles. The van der Waals surface area contributed by atoms with E-state index in [0.29, 0.717) is 22.2 Å². The van der Waals surface area contributed by atoms with Crippen molar-refractivity contribution in [3.63, 3.8) is 0 Å². The quantitative estimate of drug-likeness (QED) is 0.341. The number of hydrogen-bond donors (Lipinski definition) is 2. The van der Waals surface area contributed by atoms with Crippen LogP contribution >= 0.6 is 39.1 Å². The molecule has 2 aromatic carbocycles. The lowest BCUT2D eigenvalue weighted by atomic mass is 10.2. The van der Waals surface area contributed by atoms with E-state index >= 15 is 0 Å². The number of alkyl halides is 3. The molecular formula is C25H29BrCl2F3N3O4. The number of amides is 1. The SMILES string of the molecule is CN(C)CCCOc1ccc(CN2CC[C@H](NC(=O)c3ccc(Cl)c(Cl)c3)C2)cc1Br.O=C(O)C(F)(F)F. The van der Waals surface area contributed by atoms with Gasteiger partial charge in [-0.3, -0.25) is 9.69 Å². The van der Waals surface area contributed by atoms with E-state index in [-0.39, 0.29) is 11.9 Å². The van der Waals surface area contributed by atoms with Crippen molar-refractivity contribution in [2.45, 2.75) is 31.6 Å². The average Bonchev–Trinajstić information content (AvgIpc) is 3.25. The van der Waals surface area contributed by atoms with Crippen molar-refractivity contribution < 1.29 is 32.6 Å². The van der Waals surface area contributed by atoms with Crippen molar-refractivity contribution in [1.29, 1.82) is 0 Å². The number of halogens is 6. The van der Waals surface area contributed by atoms with Crippen LogP contribution in [0.4, 0.5) is 13.2 Å². The third-order valence-electron chi connectivity index (χ3n) is 5.44. The van der Waals surface area contributed by atoms with E-state index in [4.69, 9.17) is 37.8 Å². The Balaban J connectivity index is 0.000000638. The van der Waals surface area contributed by atoms with Crippen molar-refractivity contribution in [3.05, 3.63) is 62.0 Å². The Hall–Kier alpha value is -2.05. The molecule has 0 radical (unpaired) electrons. The zero-order valence-electron chi connectivity index (χ0n) is 20.8. The van der Waals surface area contributed by atoms with Gasteiger partial charge in [0.25, 0.3) is 5.91 Å². The van der Waals surface area contributed by atoms with Gasteiger partial charge in [0.2, 0.25) is 0 Å². The fourth-order valence-electron chi connectivity index (χ4n) is 3.58. The van der Waals surface area contributed by atoms with Crippen LogP contribution in [0.25, 0.3) is 0 Å². The highest BCUT2D eigenvalue weighted by Gasteiger charge is 2.38. The van der Waals surface area contributed by atoms with Crippen LogP contribution in [0.1, 0.15) is 28.8 Å². The Labute approximate surface area is 238 Å². The maximum Gasteiger partial charge on any atom is 0.490 e. The predicted octanol–water partition coefficient (Wildman–Crippen LogP) is 5.72. The highest BCUT2D eigenvalue weighted by atomic mass is 79.9. The van der Waals surface area contributed by atoms with E-state index in [1.165, 1.54) is 5.56 Å². The average molecular weight is 643 g/mol. The molecule has 13 heteroatoms. The molecule has 2 N–H and O–H groups in total. The van der Waals surface area contributed by atoms with E-state index in [1.807, 2.05) is 6.07 Å². The molecule has 0 aliphatic carbocycles. The standard InChI is InChI=1S/C23H28BrCl2N3O2.C2HF3O2/c1-28(2)9-3-11-31-22-7-4-16(12-19(22)24)14-29-10-8-18(15-29)27-23(30)17-5-6-20(25)21(26)13-17;3-2(4,5)1(6)7/h4-7,12-13,18H,3,8-11,14-15H2,1-2H3,(H,27,30);(H,6,7)/t18-;/m0./s1. The summed E-state index contributed by atoms with van der Waals surface area (Å²) < 4.78 is 38.6. The lowest BCUT2D eigenvalue weighted by Crippen LogP contribution is -2.37. The molecule has 1 heterocycles. The number of carboxylic acids is 1. The molecule has 1 fully saturated rings. The zero-order valence-corrected chi connectivity index (χ0v) is 23.9. The summed E-state index contributed by atoms with van der Waals surface area (Å²) in [5.41, 5.74) is 1.74. The largest absolute Gasteiger partial charge is 0.492 e. The molecule has 3 rings (SSSR count). The summed E-state index contributed by atoms with van der Waals surface area (Å²) >= 11 is 15.6. The number of likely N-dealkylation sites (tertiary alicyclic amines) is 1. The van der Waals surface area contributed by atoms with Crippen molar-refractivity contribution in [3.8, 4) is 5.75 Å². The molecule has 0 bridgehead atoms. The number of nitrogens with one attached hydrogen (secondary N) is 1. The van der Waals surface area contributed by atoms with Gasteiger partial charge < -0.3 is 20.1 Å². The second-order valence-corrected chi connectivity index (χ2v) is 10.6. The Morgan fingerprint density at radius 1 is 1.18 bits per heavy atom. The monoisotopic (exact) mass is 641 g/mol. The first-order valence-corrected chi connectivity index (χ1v) is 13.2. The van der Waals surface area contributed by atoms with E-state index in [9.17, 15) is 18.0 Å². The molecule has 1 amide bonds. The number of carbonyl (C=O) groups excluding carboxylic acids is 1. The van der Waals surface area contributed by atoms with Crippen LogP contribution in [-0.2, 0) is 11.3 Å². The summed E-state index contributed by atoms with van der Waals surface area (Å²) in [4.78, 5) is 25.9. The van der Waals surface area contributed by atoms with Gasteiger partial charge in [-0.25, -0.2) is 4.79 Å². The Kier molecular flexibility index (Phi) is 12.6. The highest BCUT2D eigenvalue weighted by molar-refractivity contribution is 9.10. The summed E-state index contributed by atoms with van der Waals surface area (Å²) in [7, 11) is 4.12. The van der Waals surface area contributed by atoms with Crippen LogP contribution < -0.4 is 10.1 Å². The normalized spacial score (nSPS) is 15.7. The second-order valence-electron chi connectivity index (χ2n) is 8.90. The Bertz CT molecular complexity index is 1110. The molecule has 1 aliphatic rings. The number of carbonyl (C=O) groups is 2. The van der Waals surface area contributed by atoms with Crippen LogP contribution in [0.15, 0.2) is 40.9 Å². The number of rotatable bonds is 9. The van der Waals surface area contributed by atoms with Gasteiger partial charge in [-0.1, -0.05) is 29.3 Å². The van der Waals surface area contributed by atoms with E-state index in [0.717, 1.165) is 49.2 Å². The highest BCUT2D eigenvalue weighted by Crippen LogP contribution is 2.27. The smallest absolute Gasteiger partial charge is 0.490 e. The first kappa shape index (κ1) is 32.2. The van der Waals surface area contributed by atoms with Crippen LogP contribution in [0.2, 0.25) is 10.0 Å².